The Morgan fingerprint density at radius 1 is 1.43 bits per heavy atom. The summed E-state index contributed by atoms with van der Waals surface area (Å²) in [7, 11) is 0. The molecule has 112 valence electrons. The molecule has 5 heteroatoms. The number of aromatic hydroxyl groups is 1. The molecular weight excluding hydrogens is 290 g/mol. The van der Waals surface area contributed by atoms with Crippen LogP contribution < -0.4 is 5.63 Å². The van der Waals surface area contributed by atoms with Gasteiger partial charge in [-0.25, -0.2) is 4.79 Å². The number of halogens is 1. The number of hydrogen-bond acceptors (Lipinski definition) is 4. The molecule has 2 aromatic rings. The van der Waals surface area contributed by atoms with Crippen molar-refractivity contribution in [2.24, 2.45) is 5.92 Å². The largest absolute Gasteiger partial charge is 0.506 e. The van der Waals surface area contributed by atoms with Crippen LogP contribution in [-0.4, -0.2) is 23.1 Å². The summed E-state index contributed by atoms with van der Waals surface area (Å²) in [6.45, 7) is 5.03. The molecule has 1 aromatic carbocycles. The molecule has 1 aliphatic rings. The monoisotopic (exact) mass is 307 g/mol. The predicted molar refractivity (Wildman–Crippen MR) is 82.8 cm³/mol. The van der Waals surface area contributed by atoms with Gasteiger partial charge in [0.2, 0.25) is 0 Å². The van der Waals surface area contributed by atoms with Crippen LogP contribution in [0.15, 0.2) is 27.4 Å². The Morgan fingerprint density at radius 3 is 3.00 bits per heavy atom. The Kier molecular flexibility index (Phi) is 3.91. The number of hydrogen-bond donors (Lipinski definition) is 1. The maximum absolute atomic E-state index is 11.7. The van der Waals surface area contributed by atoms with E-state index in [2.05, 4.69) is 11.8 Å². The lowest BCUT2D eigenvalue weighted by atomic mass is 9.99. The lowest BCUT2D eigenvalue weighted by Crippen LogP contribution is -2.34. The Labute approximate surface area is 127 Å². The average Bonchev–Trinajstić information content (AvgIpc) is 2.41. The van der Waals surface area contributed by atoms with E-state index in [0.717, 1.165) is 24.0 Å². The standard InChI is InChI=1S/C16H18ClNO3/c1-10-3-2-4-18(8-10)9-11-5-16(20)21-15-7-14(19)13(17)6-12(11)15/h5-7,10,19H,2-4,8-9H2,1H3. The molecule has 1 fully saturated rings. The van der Waals surface area contributed by atoms with Crippen molar-refractivity contribution in [2.75, 3.05) is 13.1 Å². The predicted octanol–water partition coefficient (Wildman–Crippen LogP) is 3.38. The number of benzene rings is 1. The Hall–Kier alpha value is -1.52. The highest BCUT2D eigenvalue weighted by molar-refractivity contribution is 6.32. The fraction of sp³-hybridized carbons (Fsp3) is 0.438. The second kappa shape index (κ2) is 5.70. The number of likely N-dealkylation sites (tertiary alicyclic amines) is 1. The lowest BCUT2D eigenvalue weighted by molar-refractivity contribution is 0.177. The molecule has 2 heterocycles. The van der Waals surface area contributed by atoms with Crippen molar-refractivity contribution in [3.63, 3.8) is 0 Å². The van der Waals surface area contributed by atoms with E-state index in [0.29, 0.717) is 18.0 Å². The van der Waals surface area contributed by atoms with Crippen LogP contribution in [-0.2, 0) is 6.54 Å². The van der Waals surface area contributed by atoms with Gasteiger partial charge in [-0.3, -0.25) is 4.90 Å². The third-order valence-electron chi connectivity index (χ3n) is 4.03. The van der Waals surface area contributed by atoms with E-state index in [-0.39, 0.29) is 10.8 Å². The van der Waals surface area contributed by atoms with Gasteiger partial charge in [0.25, 0.3) is 0 Å². The molecule has 1 saturated heterocycles. The van der Waals surface area contributed by atoms with Gasteiger partial charge in [-0.2, -0.15) is 0 Å². The summed E-state index contributed by atoms with van der Waals surface area (Å²) in [6.07, 6.45) is 2.44. The van der Waals surface area contributed by atoms with Gasteiger partial charge >= 0.3 is 5.63 Å². The molecule has 1 N–H and O–H groups in total. The zero-order valence-corrected chi connectivity index (χ0v) is 12.7. The molecule has 1 aliphatic heterocycles. The summed E-state index contributed by atoms with van der Waals surface area (Å²) in [5.41, 5.74) is 0.881. The van der Waals surface area contributed by atoms with E-state index in [1.54, 1.807) is 6.07 Å². The maximum Gasteiger partial charge on any atom is 0.336 e. The van der Waals surface area contributed by atoms with Gasteiger partial charge in [-0.05, 0) is 36.9 Å². The molecule has 3 rings (SSSR count). The molecule has 0 amide bonds. The Bertz CT molecular complexity index is 725. The zero-order chi connectivity index (χ0) is 15.0. The molecule has 0 aliphatic carbocycles. The van der Waals surface area contributed by atoms with E-state index >= 15 is 0 Å². The number of fused-ring (bicyclic) bond motifs is 1. The summed E-state index contributed by atoms with van der Waals surface area (Å²) in [4.78, 5) is 14.1. The summed E-state index contributed by atoms with van der Waals surface area (Å²) in [6, 6.07) is 4.59. The van der Waals surface area contributed by atoms with Crippen molar-refractivity contribution in [3.05, 3.63) is 39.2 Å². The van der Waals surface area contributed by atoms with Gasteiger partial charge in [0.15, 0.2) is 0 Å². The molecule has 1 atom stereocenters. The van der Waals surface area contributed by atoms with E-state index in [4.69, 9.17) is 16.0 Å². The van der Waals surface area contributed by atoms with E-state index in [1.165, 1.54) is 25.0 Å². The molecule has 0 spiro atoms. The van der Waals surface area contributed by atoms with E-state index < -0.39 is 5.63 Å². The summed E-state index contributed by atoms with van der Waals surface area (Å²) >= 11 is 5.98. The Balaban J connectivity index is 2.00. The van der Waals surface area contributed by atoms with E-state index in [9.17, 15) is 9.90 Å². The van der Waals surface area contributed by atoms with Crippen LogP contribution in [0.4, 0.5) is 0 Å². The second-order valence-electron chi connectivity index (χ2n) is 5.87. The van der Waals surface area contributed by atoms with Gasteiger partial charge in [0.1, 0.15) is 11.3 Å². The first-order chi connectivity index (χ1) is 10.0. The van der Waals surface area contributed by atoms with Crippen molar-refractivity contribution in [3.8, 4) is 5.75 Å². The van der Waals surface area contributed by atoms with Crippen LogP contribution >= 0.6 is 11.6 Å². The molecule has 21 heavy (non-hydrogen) atoms. The van der Waals surface area contributed by atoms with Gasteiger partial charge < -0.3 is 9.52 Å². The van der Waals surface area contributed by atoms with Crippen LogP contribution in [0.25, 0.3) is 11.0 Å². The molecule has 0 radical (unpaired) electrons. The molecule has 1 aromatic heterocycles. The van der Waals surface area contributed by atoms with E-state index in [1.807, 2.05) is 0 Å². The van der Waals surface area contributed by atoms with Crippen molar-refractivity contribution < 1.29 is 9.52 Å². The summed E-state index contributed by atoms with van der Waals surface area (Å²) < 4.78 is 5.16. The van der Waals surface area contributed by atoms with Crippen LogP contribution in [0.5, 0.6) is 5.75 Å². The van der Waals surface area contributed by atoms with Crippen LogP contribution in [0, 0.1) is 5.92 Å². The lowest BCUT2D eigenvalue weighted by Gasteiger charge is -2.31. The maximum atomic E-state index is 11.7. The number of phenols is 1. The zero-order valence-electron chi connectivity index (χ0n) is 11.9. The second-order valence-corrected chi connectivity index (χ2v) is 6.28. The smallest absolute Gasteiger partial charge is 0.336 e. The minimum atomic E-state index is -0.399. The molecule has 0 bridgehead atoms. The van der Waals surface area contributed by atoms with Gasteiger partial charge in [0, 0.05) is 30.6 Å². The minimum Gasteiger partial charge on any atom is -0.506 e. The molecule has 4 nitrogen and oxygen atoms in total. The molecular formula is C16H18ClNO3. The van der Waals surface area contributed by atoms with Crippen LogP contribution in [0.3, 0.4) is 0 Å². The van der Waals surface area contributed by atoms with Gasteiger partial charge in [-0.15, -0.1) is 0 Å². The average molecular weight is 308 g/mol. The normalized spacial score (nSPS) is 20.0. The first-order valence-corrected chi connectivity index (χ1v) is 7.58. The highest BCUT2D eigenvalue weighted by atomic mass is 35.5. The minimum absolute atomic E-state index is 0.0731. The SMILES string of the molecule is CC1CCCN(Cc2cc(=O)oc3cc(O)c(Cl)cc23)C1. The Morgan fingerprint density at radius 2 is 2.24 bits per heavy atom. The van der Waals surface area contributed by atoms with Gasteiger partial charge in [0.05, 0.1) is 5.02 Å². The molecule has 0 saturated carbocycles. The number of rotatable bonds is 2. The topological polar surface area (TPSA) is 53.7 Å². The molecule has 1 unspecified atom stereocenters. The van der Waals surface area contributed by atoms with Crippen molar-refractivity contribution >= 4 is 22.6 Å². The first kappa shape index (κ1) is 14.4. The van der Waals surface area contributed by atoms with Crippen molar-refractivity contribution in [1.82, 2.24) is 4.90 Å². The number of piperidine rings is 1. The van der Waals surface area contributed by atoms with Gasteiger partial charge in [-0.1, -0.05) is 18.5 Å². The van der Waals surface area contributed by atoms with Crippen molar-refractivity contribution in [1.29, 1.82) is 0 Å². The third-order valence-corrected chi connectivity index (χ3v) is 4.34. The first-order valence-electron chi connectivity index (χ1n) is 7.20. The quantitative estimate of drug-likeness (QED) is 0.864. The summed E-state index contributed by atoms with van der Waals surface area (Å²) in [5.74, 6) is 0.605. The highest BCUT2D eigenvalue weighted by Gasteiger charge is 2.18. The van der Waals surface area contributed by atoms with Crippen LogP contribution in [0.2, 0.25) is 5.02 Å². The number of phenolic OH excluding ortho intramolecular Hbond substituents is 1. The fourth-order valence-corrected chi connectivity index (χ4v) is 3.20. The number of nitrogens with zero attached hydrogens (tertiary/aromatic N) is 1. The summed E-state index contributed by atoms with van der Waals surface area (Å²) in [5, 5.41) is 10.7. The van der Waals surface area contributed by atoms with Crippen molar-refractivity contribution in [2.45, 2.75) is 26.3 Å². The highest BCUT2D eigenvalue weighted by Crippen LogP contribution is 2.30. The fourth-order valence-electron chi connectivity index (χ4n) is 3.04. The third kappa shape index (κ3) is 3.06. The van der Waals surface area contributed by atoms with Crippen LogP contribution in [0.1, 0.15) is 25.3 Å².